The van der Waals surface area contributed by atoms with Crippen LogP contribution in [0.3, 0.4) is 0 Å². The topological polar surface area (TPSA) is 92.2 Å². The van der Waals surface area contributed by atoms with Gasteiger partial charge in [0, 0.05) is 12.4 Å². The average molecular weight is 263 g/mol. The van der Waals surface area contributed by atoms with E-state index >= 15 is 0 Å². The third kappa shape index (κ3) is 2.55. The Kier molecular flexibility index (Phi) is 3.54. The number of hydrogen-bond donors (Lipinski definition) is 2. The summed E-state index contributed by atoms with van der Waals surface area (Å²) in [5.74, 6) is -3.49. The van der Waals surface area contributed by atoms with Gasteiger partial charge in [0.2, 0.25) is 5.54 Å². The van der Waals surface area contributed by atoms with Gasteiger partial charge >= 0.3 is 12.1 Å². The summed E-state index contributed by atoms with van der Waals surface area (Å²) in [6, 6.07) is 0. The third-order valence-corrected chi connectivity index (χ3v) is 2.15. The fraction of sp³-hybridized carbons (Fsp3) is 0.333. The maximum atomic E-state index is 12.6. The van der Waals surface area contributed by atoms with E-state index in [4.69, 9.17) is 5.11 Å². The van der Waals surface area contributed by atoms with Crippen molar-refractivity contribution in [2.45, 2.75) is 18.6 Å². The number of alkyl halides is 3. The molecule has 0 saturated heterocycles. The van der Waals surface area contributed by atoms with E-state index in [1.807, 2.05) is 0 Å². The molecular weight excluding hydrogens is 255 g/mol. The highest BCUT2D eigenvalue weighted by Gasteiger charge is 2.58. The molecule has 9 heteroatoms. The molecule has 1 heterocycles. The number of carboxylic acid groups (broad SMARTS) is 1. The second kappa shape index (κ2) is 4.59. The lowest BCUT2D eigenvalue weighted by molar-refractivity contribution is -0.203. The van der Waals surface area contributed by atoms with Crippen LogP contribution >= 0.6 is 0 Å². The van der Waals surface area contributed by atoms with Crippen LogP contribution in [0.1, 0.15) is 17.4 Å². The first kappa shape index (κ1) is 13.9. The van der Waals surface area contributed by atoms with Crippen molar-refractivity contribution in [2.75, 3.05) is 0 Å². The van der Waals surface area contributed by atoms with Crippen molar-refractivity contribution in [3.8, 4) is 0 Å². The minimum atomic E-state index is -5.14. The Morgan fingerprint density at radius 1 is 1.33 bits per heavy atom. The van der Waals surface area contributed by atoms with Crippen LogP contribution in [0.15, 0.2) is 18.6 Å². The number of nitrogens with one attached hydrogen (secondary N) is 1. The molecule has 0 aliphatic rings. The van der Waals surface area contributed by atoms with Crippen molar-refractivity contribution in [1.82, 2.24) is 15.3 Å². The standard InChI is InChI=1S/C9H8F3N3O3/c1-8(7(17)18,9(10,11)12)15-6(16)5-4-13-2-3-14-5/h2-4H,1H3,(H,15,16)(H,17,18). The molecule has 0 aliphatic carbocycles. The fourth-order valence-corrected chi connectivity index (χ4v) is 0.953. The molecule has 6 nitrogen and oxygen atoms in total. The molecular formula is C9H8F3N3O3. The van der Waals surface area contributed by atoms with Crippen LogP contribution in [0.2, 0.25) is 0 Å². The van der Waals surface area contributed by atoms with Gasteiger partial charge in [-0.2, -0.15) is 13.2 Å². The van der Waals surface area contributed by atoms with E-state index in [9.17, 15) is 22.8 Å². The van der Waals surface area contributed by atoms with E-state index in [0.29, 0.717) is 6.92 Å². The fourth-order valence-electron chi connectivity index (χ4n) is 0.953. The van der Waals surface area contributed by atoms with Crippen LogP contribution in [0, 0.1) is 0 Å². The molecule has 1 rings (SSSR count). The summed E-state index contributed by atoms with van der Waals surface area (Å²) >= 11 is 0. The van der Waals surface area contributed by atoms with Crippen LogP contribution in [0.4, 0.5) is 13.2 Å². The lowest BCUT2D eigenvalue weighted by Crippen LogP contribution is -2.62. The van der Waals surface area contributed by atoms with E-state index in [1.165, 1.54) is 11.5 Å². The van der Waals surface area contributed by atoms with Gasteiger partial charge < -0.3 is 10.4 Å². The van der Waals surface area contributed by atoms with Crippen molar-refractivity contribution in [1.29, 1.82) is 0 Å². The SMILES string of the molecule is CC(NC(=O)c1cnccn1)(C(=O)O)C(F)(F)F. The number of aromatic nitrogens is 2. The molecule has 0 bridgehead atoms. The normalized spacial score (nSPS) is 14.7. The number of aliphatic carboxylic acids is 1. The molecule has 0 fully saturated rings. The molecule has 0 saturated carbocycles. The summed E-state index contributed by atoms with van der Waals surface area (Å²) in [5.41, 5.74) is -3.80. The zero-order chi connectivity index (χ0) is 14.0. The first-order valence-corrected chi connectivity index (χ1v) is 4.57. The molecule has 1 aromatic heterocycles. The van der Waals surface area contributed by atoms with E-state index in [2.05, 4.69) is 9.97 Å². The number of amides is 1. The molecule has 98 valence electrons. The molecule has 2 N–H and O–H groups in total. The lowest BCUT2D eigenvalue weighted by Gasteiger charge is -2.28. The second-order valence-corrected chi connectivity index (χ2v) is 3.47. The number of rotatable bonds is 3. The highest BCUT2D eigenvalue weighted by atomic mass is 19.4. The van der Waals surface area contributed by atoms with Crippen LogP contribution < -0.4 is 5.32 Å². The summed E-state index contributed by atoms with van der Waals surface area (Å²) in [6.07, 6.45) is -1.90. The van der Waals surface area contributed by atoms with Gasteiger partial charge in [-0.3, -0.25) is 9.78 Å². The number of carboxylic acids is 1. The van der Waals surface area contributed by atoms with Crippen molar-refractivity contribution in [3.63, 3.8) is 0 Å². The monoisotopic (exact) mass is 263 g/mol. The summed E-state index contributed by atoms with van der Waals surface area (Å²) in [4.78, 5) is 29.1. The molecule has 1 aromatic rings. The minimum absolute atomic E-state index is 0.351. The first-order chi connectivity index (χ1) is 8.18. The molecule has 0 spiro atoms. The zero-order valence-electron chi connectivity index (χ0n) is 9.02. The third-order valence-electron chi connectivity index (χ3n) is 2.15. The van der Waals surface area contributed by atoms with E-state index in [-0.39, 0.29) is 0 Å². The summed E-state index contributed by atoms with van der Waals surface area (Å²) in [7, 11) is 0. The van der Waals surface area contributed by atoms with Gasteiger partial charge in [-0.15, -0.1) is 0 Å². The zero-order valence-corrected chi connectivity index (χ0v) is 9.02. The Balaban J connectivity index is 3.01. The van der Waals surface area contributed by atoms with E-state index in [1.54, 1.807) is 0 Å². The lowest BCUT2D eigenvalue weighted by atomic mass is 10.0. The smallest absolute Gasteiger partial charge is 0.422 e. The Bertz CT molecular complexity index is 463. The number of nitrogens with zero attached hydrogens (tertiary/aromatic N) is 2. The van der Waals surface area contributed by atoms with Gasteiger partial charge in [0.1, 0.15) is 5.69 Å². The Morgan fingerprint density at radius 3 is 2.33 bits per heavy atom. The van der Waals surface area contributed by atoms with Gasteiger partial charge in [0.25, 0.3) is 5.91 Å². The molecule has 18 heavy (non-hydrogen) atoms. The maximum Gasteiger partial charge on any atom is 0.422 e. The highest BCUT2D eigenvalue weighted by molar-refractivity contribution is 5.96. The number of hydrogen-bond acceptors (Lipinski definition) is 4. The van der Waals surface area contributed by atoms with Crippen molar-refractivity contribution >= 4 is 11.9 Å². The minimum Gasteiger partial charge on any atom is -0.479 e. The van der Waals surface area contributed by atoms with Gasteiger partial charge in [-0.25, -0.2) is 9.78 Å². The van der Waals surface area contributed by atoms with Crippen LogP contribution in [-0.2, 0) is 4.79 Å². The average Bonchev–Trinajstić information content (AvgIpc) is 2.28. The van der Waals surface area contributed by atoms with Crippen LogP contribution in [-0.4, -0.2) is 38.7 Å². The summed E-state index contributed by atoms with van der Waals surface area (Å²) < 4.78 is 37.8. The Hall–Kier alpha value is -2.19. The maximum absolute atomic E-state index is 12.6. The van der Waals surface area contributed by atoms with Crippen LogP contribution in [0.25, 0.3) is 0 Å². The number of halogens is 3. The molecule has 0 aromatic carbocycles. The Labute approximate surface area is 98.9 Å². The molecule has 1 amide bonds. The number of carbonyl (C=O) groups excluding carboxylic acids is 1. The molecule has 1 unspecified atom stereocenters. The highest BCUT2D eigenvalue weighted by Crippen LogP contribution is 2.30. The van der Waals surface area contributed by atoms with Gasteiger partial charge in [-0.1, -0.05) is 0 Å². The number of carbonyl (C=O) groups is 2. The van der Waals surface area contributed by atoms with Crippen LogP contribution in [0.5, 0.6) is 0 Å². The van der Waals surface area contributed by atoms with Gasteiger partial charge in [0.15, 0.2) is 0 Å². The second-order valence-electron chi connectivity index (χ2n) is 3.47. The Morgan fingerprint density at radius 2 is 1.94 bits per heavy atom. The van der Waals surface area contributed by atoms with E-state index < -0.39 is 29.3 Å². The van der Waals surface area contributed by atoms with Gasteiger partial charge in [-0.05, 0) is 6.92 Å². The van der Waals surface area contributed by atoms with Crippen molar-refractivity contribution in [2.24, 2.45) is 0 Å². The van der Waals surface area contributed by atoms with Gasteiger partial charge in [0.05, 0.1) is 6.20 Å². The summed E-state index contributed by atoms with van der Waals surface area (Å²) in [5, 5.41) is 9.98. The van der Waals surface area contributed by atoms with Crippen molar-refractivity contribution < 1.29 is 27.9 Å². The molecule has 1 atom stereocenters. The van der Waals surface area contributed by atoms with E-state index in [0.717, 1.165) is 12.4 Å². The molecule has 0 aliphatic heterocycles. The first-order valence-electron chi connectivity index (χ1n) is 4.57. The quantitative estimate of drug-likeness (QED) is 0.833. The predicted molar refractivity (Wildman–Crippen MR) is 51.6 cm³/mol. The predicted octanol–water partition coefficient (Wildman–Crippen LogP) is 0.612. The van der Waals surface area contributed by atoms with Crippen molar-refractivity contribution in [3.05, 3.63) is 24.3 Å². The largest absolute Gasteiger partial charge is 0.479 e. The molecule has 0 radical (unpaired) electrons. The summed E-state index contributed by atoms with van der Waals surface area (Å²) in [6.45, 7) is 0.351.